The number of carbonyl (C=O) groups excluding carboxylic acids is 1. The van der Waals surface area contributed by atoms with Crippen molar-refractivity contribution in [1.82, 2.24) is 0 Å². The third kappa shape index (κ3) is 3.51. The van der Waals surface area contributed by atoms with Crippen LogP contribution in [-0.4, -0.2) is 5.91 Å². The van der Waals surface area contributed by atoms with E-state index in [1.807, 2.05) is 13.0 Å². The van der Waals surface area contributed by atoms with E-state index in [2.05, 4.69) is 5.32 Å². The topological polar surface area (TPSA) is 72.5 Å². The van der Waals surface area contributed by atoms with Crippen molar-refractivity contribution >= 4 is 33.5 Å². The fourth-order valence-electron chi connectivity index (χ4n) is 3.37. The number of amides is 1. The molecule has 7 heteroatoms. The summed E-state index contributed by atoms with van der Waals surface area (Å²) in [5.41, 5.74) is 2.47. The van der Waals surface area contributed by atoms with Gasteiger partial charge in [0.2, 0.25) is 5.91 Å². The predicted octanol–water partition coefficient (Wildman–Crippen LogP) is 5.01. The van der Waals surface area contributed by atoms with E-state index in [1.165, 1.54) is 0 Å². The number of benzene rings is 2. The number of anilines is 1. The zero-order chi connectivity index (χ0) is 20.7. The molecular formula is C22H17F2NO4. The monoisotopic (exact) mass is 397 g/mol. The molecule has 1 N–H and O–H groups in total. The lowest BCUT2D eigenvalue weighted by atomic mass is 10.0. The first-order valence-corrected chi connectivity index (χ1v) is 9.02. The maximum Gasteiger partial charge on any atom is 0.339 e. The van der Waals surface area contributed by atoms with Crippen LogP contribution < -0.4 is 10.9 Å². The van der Waals surface area contributed by atoms with Crippen LogP contribution in [0.1, 0.15) is 23.1 Å². The quantitative estimate of drug-likeness (QED) is 0.492. The number of aryl methyl sites for hydroxylation is 2. The average Bonchev–Trinajstić information content (AvgIpc) is 3.02. The smallest absolute Gasteiger partial charge is 0.339 e. The second kappa shape index (κ2) is 7.16. The summed E-state index contributed by atoms with van der Waals surface area (Å²) in [5.74, 6) is -2.08. The highest BCUT2D eigenvalue weighted by Gasteiger charge is 2.16. The molecular weight excluding hydrogens is 380 g/mol. The molecule has 4 aromatic rings. The maximum absolute atomic E-state index is 13.7. The molecule has 0 aliphatic carbocycles. The number of hydrogen-bond acceptors (Lipinski definition) is 4. The van der Waals surface area contributed by atoms with E-state index in [-0.39, 0.29) is 18.5 Å². The van der Waals surface area contributed by atoms with Crippen molar-refractivity contribution < 1.29 is 22.4 Å². The standard InChI is InChI=1S/C22H17F2NO4/c1-11-10-28-19-9-20-16(8-15(11)19)12(2)14(22(27)29-20)4-6-21(26)25-18-5-3-13(23)7-17(18)24/h3,5,7-10H,4,6H2,1-2H3,(H,25,26). The lowest BCUT2D eigenvalue weighted by Gasteiger charge is -2.09. The Balaban J connectivity index is 1.60. The molecule has 0 radical (unpaired) electrons. The van der Waals surface area contributed by atoms with Crippen LogP contribution in [0.5, 0.6) is 0 Å². The van der Waals surface area contributed by atoms with Crippen molar-refractivity contribution in [3.05, 3.63) is 75.3 Å². The lowest BCUT2D eigenvalue weighted by Crippen LogP contribution is -2.17. The second-order valence-corrected chi connectivity index (χ2v) is 6.93. The van der Waals surface area contributed by atoms with Crippen LogP contribution >= 0.6 is 0 Å². The second-order valence-electron chi connectivity index (χ2n) is 6.93. The van der Waals surface area contributed by atoms with Gasteiger partial charge >= 0.3 is 5.63 Å². The normalized spacial score (nSPS) is 11.3. The zero-order valence-corrected chi connectivity index (χ0v) is 15.8. The molecule has 0 unspecified atom stereocenters. The van der Waals surface area contributed by atoms with E-state index < -0.39 is 23.2 Å². The summed E-state index contributed by atoms with van der Waals surface area (Å²) in [6, 6.07) is 6.48. The Bertz CT molecular complexity index is 1320. The Hall–Kier alpha value is -3.48. The van der Waals surface area contributed by atoms with E-state index in [1.54, 1.807) is 19.3 Å². The molecule has 4 rings (SSSR count). The molecule has 0 spiro atoms. The highest BCUT2D eigenvalue weighted by atomic mass is 19.1. The molecule has 0 fully saturated rings. The Labute approximate surface area is 163 Å². The molecule has 1 amide bonds. The molecule has 2 aromatic carbocycles. The van der Waals surface area contributed by atoms with E-state index >= 15 is 0 Å². The minimum atomic E-state index is -0.862. The first kappa shape index (κ1) is 18.9. The van der Waals surface area contributed by atoms with Gasteiger partial charge < -0.3 is 14.2 Å². The Morgan fingerprint density at radius 1 is 1.07 bits per heavy atom. The average molecular weight is 397 g/mol. The molecule has 0 atom stereocenters. The van der Waals surface area contributed by atoms with Gasteiger partial charge in [0.25, 0.3) is 0 Å². The summed E-state index contributed by atoms with van der Waals surface area (Å²) in [6.07, 6.45) is 1.71. The van der Waals surface area contributed by atoms with Crippen molar-refractivity contribution in [3.63, 3.8) is 0 Å². The minimum Gasteiger partial charge on any atom is -0.464 e. The number of fused-ring (bicyclic) bond motifs is 2. The van der Waals surface area contributed by atoms with Gasteiger partial charge in [-0.05, 0) is 49.6 Å². The van der Waals surface area contributed by atoms with Crippen LogP contribution in [0.3, 0.4) is 0 Å². The molecule has 0 aliphatic heterocycles. The van der Waals surface area contributed by atoms with E-state index in [4.69, 9.17) is 8.83 Å². The van der Waals surface area contributed by atoms with Crippen molar-refractivity contribution in [3.8, 4) is 0 Å². The number of nitrogens with one attached hydrogen (secondary N) is 1. The Kier molecular flexibility index (Phi) is 4.66. The number of furan rings is 1. The van der Waals surface area contributed by atoms with E-state index in [9.17, 15) is 18.4 Å². The fourth-order valence-corrected chi connectivity index (χ4v) is 3.37. The van der Waals surface area contributed by atoms with Crippen LogP contribution in [0.4, 0.5) is 14.5 Å². The van der Waals surface area contributed by atoms with Gasteiger partial charge in [-0.15, -0.1) is 0 Å². The van der Waals surface area contributed by atoms with E-state index in [0.29, 0.717) is 22.8 Å². The summed E-state index contributed by atoms with van der Waals surface area (Å²) in [7, 11) is 0. The Morgan fingerprint density at radius 2 is 1.86 bits per heavy atom. The zero-order valence-electron chi connectivity index (χ0n) is 15.8. The van der Waals surface area contributed by atoms with Crippen LogP contribution in [0.15, 0.2) is 50.2 Å². The molecule has 0 saturated carbocycles. The van der Waals surface area contributed by atoms with Crippen molar-refractivity contribution in [1.29, 1.82) is 0 Å². The molecule has 0 saturated heterocycles. The third-order valence-corrected chi connectivity index (χ3v) is 4.98. The van der Waals surface area contributed by atoms with Gasteiger partial charge in [0, 0.05) is 34.9 Å². The fraction of sp³-hybridized carbons (Fsp3) is 0.182. The summed E-state index contributed by atoms with van der Waals surface area (Å²) >= 11 is 0. The number of hydrogen-bond donors (Lipinski definition) is 1. The summed E-state index contributed by atoms with van der Waals surface area (Å²) < 4.78 is 37.5. The SMILES string of the molecule is Cc1coc2cc3oc(=O)c(CCC(=O)Nc4ccc(F)cc4F)c(C)c3cc12. The number of rotatable bonds is 4. The van der Waals surface area contributed by atoms with Crippen LogP contribution in [0.2, 0.25) is 0 Å². The maximum atomic E-state index is 13.7. The predicted molar refractivity (Wildman–Crippen MR) is 105 cm³/mol. The molecule has 2 heterocycles. The summed E-state index contributed by atoms with van der Waals surface area (Å²) in [5, 5.41) is 4.07. The van der Waals surface area contributed by atoms with E-state index in [0.717, 1.165) is 34.0 Å². The van der Waals surface area contributed by atoms with Gasteiger partial charge in [0.1, 0.15) is 22.8 Å². The van der Waals surface area contributed by atoms with Crippen LogP contribution in [-0.2, 0) is 11.2 Å². The first-order valence-electron chi connectivity index (χ1n) is 9.02. The number of carbonyl (C=O) groups is 1. The summed E-state index contributed by atoms with van der Waals surface area (Å²) in [6.45, 7) is 3.72. The molecule has 0 aliphatic rings. The molecule has 2 aromatic heterocycles. The number of halogens is 2. The molecule has 29 heavy (non-hydrogen) atoms. The first-order chi connectivity index (χ1) is 13.8. The van der Waals surface area contributed by atoms with Crippen LogP contribution in [0.25, 0.3) is 21.9 Å². The van der Waals surface area contributed by atoms with Crippen molar-refractivity contribution in [2.24, 2.45) is 0 Å². The largest absolute Gasteiger partial charge is 0.464 e. The molecule has 0 bridgehead atoms. The highest BCUT2D eigenvalue weighted by molar-refractivity contribution is 5.96. The lowest BCUT2D eigenvalue weighted by molar-refractivity contribution is -0.116. The van der Waals surface area contributed by atoms with Gasteiger partial charge in [0.15, 0.2) is 0 Å². The third-order valence-electron chi connectivity index (χ3n) is 4.98. The van der Waals surface area contributed by atoms with Crippen molar-refractivity contribution in [2.45, 2.75) is 26.7 Å². The van der Waals surface area contributed by atoms with Crippen LogP contribution in [0, 0.1) is 25.5 Å². The Morgan fingerprint density at radius 3 is 2.62 bits per heavy atom. The molecule has 5 nitrogen and oxygen atoms in total. The summed E-state index contributed by atoms with van der Waals surface area (Å²) in [4.78, 5) is 24.6. The van der Waals surface area contributed by atoms with Gasteiger partial charge in [-0.2, -0.15) is 0 Å². The molecule has 148 valence electrons. The van der Waals surface area contributed by atoms with Gasteiger partial charge in [-0.25, -0.2) is 13.6 Å². The van der Waals surface area contributed by atoms with Gasteiger partial charge in [0.05, 0.1) is 12.0 Å². The van der Waals surface area contributed by atoms with Gasteiger partial charge in [-0.3, -0.25) is 4.79 Å². The highest BCUT2D eigenvalue weighted by Crippen LogP contribution is 2.29. The van der Waals surface area contributed by atoms with Gasteiger partial charge in [-0.1, -0.05) is 0 Å². The minimum absolute atomic E-state index is 0.0547. The van der Waals surface area contributed by atoms with Crippen molar-refractivity contribution in [2.75, 3.05) is 5.32 Å².